The maximum Gasteiger partial charge on any atom is 0.0417 e. The largest absolute Gasteiger partial charge is 0.550 e. The Morgan fingerprint density at radius 1 is 0.789 bits per heavy atom. The van der Waals surface area contributed by atoms with Gasteiger partial charge in [0.25, 0.3) is 0 Å². The average molecular weight is 267 g/mol. The lowest BCUT2D eigenvalue weighted by atomic mass is 10.1. The normalized spacial score (nSPS) is 25.5. The lowest BCUT2D eigenvalue weighted by Crippen LogP contribution is -2.22. The molecule has 0 aromatic rings. The van der Waals surface area contributed by atoms with E-state index in [1.54, 1.807) is 0 Å². The first kappa shape index (κ1) is 16.5. The van der Waals surface area contributed by atoms with E-state index in [4.69, 9.17) is 0 Å². The molecule has 0 aromatic carbocycles. The van der Waals surface area contributed by atoms with Gasteiger partial charge in [-0.15, -0.1) is 0 Å². The van der Waals surface area contributed by atoms with E-state index in [9.17, 15) is 9.90 Å². The van der Waals surface area contributed by atoms with E-state index >= 15 is 0 Å². The van der Waals surface area contributed by atoms with Gasteiger partial charge < -0.3 is 9.90 Å². The molecule has 2 unspecified atom stereocenters. The second kappa shape index (κ2) is 9.39. The molecular formula is C17H31O2-. The molecule has 1 fully saturated rings. The first-order valence-electron chi connectivity index (χ1n) is 8.40. The van der Waals surface area contributed by atoms with Gasteiger partial charge in [0.05, 0.1) is 0 Å². The van der Waals surface area contributed by atoms with Gasteiger partial charge in [-0.2, -0.15) is 0 Å². The number of carboxylic acid groups (broad SMARTS) is 1. The molecule has 0 amide bonds. The number of rotatable bonds is 12. The molecule has 1 saturated carbocycles. The highest BCUT2D eigenvalue weighted by Crippen LogP contribution is 2.54. The van der Waals surface area contributed by atoms with Gasteiger partial charge in [0.2, 0.25) is 0 Å². The topological polar surface area (TPSA) is 40.1 Å². The minimum absolute atomic E-state index is 0.302. The Bertz CT molecular complexity index is 232. The first-order valence-corrected chi connectivity index (χ1v) is 8.40. The quantitative estimate of drug-likeness (QED) is 0.503. The van der Waals surface area contributed by atoms with Crippen LogP contribution in [0.1, 0.15) is 84.5 Å². The number of aliphatic carboxylic acids is 1. The number of hydrogen-bond donors (Lipinski definition) is 0. The standard InChI is InChI=1S/C17H32O2/c1-3-5-7-9-11-14-15(12-10-8-6-4-2)16(14)13-17(18)19/h14-16H,3-13H2,1-2H3,(H,18,19)/p-1. The third-order valence-corrected chi connectivity index (χ3v) is 4.69. The lowest BCUT2D eigenvalue weighted by Gasteiger charge is -2.01. The van der Waals surface area contributed by atoms with Crippen LogP contribution in [0.3, 0.4) is 0 Å². The minimum atomic E-state index is -0.848. The van der Waals surface area contributed by atoms with E-state index in [0.717, 1.165) is 0 Å². The molecule has 0 bridgehead atoms. The van der Waals surface area contributed by atoms with Crippen molar-refractivity contribution in [3.63, 3.8) is 0 Å². The number of carboxylic acids is 1. The third-order valence-electron chi connectivity index (χ3n) is 4.69. The zero-order valence-corrected chi connectivity index (χ0v) is 12.8. The summed E-state index contributed by atoms with van der Waals surface area (Å²) in [6.07, 6.45) is 13.2. The summed E-state index contributed by atoms with van der Waals surface area (Å²) >= 11 is 0. The van der Waals surface area contributed by atoms with Crippen molar-refractivity contribution in [1.29, 1.82) is 0 Å². The van der Waals surface area contributed by atoms with Crippen molar-refractivity contribution in [2.45, 2.75) is 84.5 Å². The van der Waals surface area contributed by atoms with Crippen LogP contribution >= 0.6 is 0 Å². The number of carbonyl (C=O) groups is 1. The van der Waals surface area contributed by atoms with Crippen LogP contribution in [0.25, 0.3) is 0 Å². The Labute approximate surface area is 119 Å². The van der Waals surface area contributed by atoms with E-state index < -0.39 is 5.97 Å². The molecule has 0 aliphatic heterocycles. The van der Waals surface area contributed by atoms with Gasteiger partial charge in [0.15, 0.2) is 0 Å². The van der Waals surface area contributed by atoms with Gasteiger partial charge in [-0.3, -0.25) is 0 Å². The lowest BCUT2D eigenvalue weighted by molar-refractivity contribution is -0.306. The molecule has 2 nitrogen and oxygen atoms in total. The van der Waals surface area contributed by atoms with Gasteiger partial charge in [0.1, 0.15) is 0 Å². The van der Waals surface area contributed by atoms with Crippen LogP contribution in [0.4, 0.5) is 0 Å². The SMILES string of the molecule is CCCCCCC1C(CCCCCC)C1CC(=O)[O-]. The highest BCUT2D eigenvalue weighted by atomic mass is 16.4. The zero-order valence-electron chi connectivity index (χ0n) is 12.8. The molecule has 0 aromatic heterocycles. The summed E-state index contributed by atoms with van der Waals surface area (Å²) in [7, 11) is 0. The maximum atomic E-state index is 10.8. The van der Waals surface area contributed by atoms with Gasteiger partial charge >= 0.3 is 0 Å². The van der Waals surface area contributed by atoms with Crippen molar-refractivity contribution < 1.29 is 9.90 Å². The van der Waals surface area contributed by atoms with Crippen LogP contribution in [-0.4, -0.2) is 5.97 Å². The Balaban J connectivity index is 2.20. The Hall–Kier alpha value is -0.530. The first-order chi connectivity index (χ1) is 9.20. The highest BCUT2D eigenvalue weighted by Gasteiger charge is 2.47. The number of hydrogen-bond acceptors (Lipinski definition) is 2. The monoisotopic (exact) mass is 267 g/mol. The van der Waals surface area contributed by atoms with E-state index in [1.165, 1.54) is 64.2 Å². The average Bonchev–Trinajstić information content (AvgIpc) is 3.01. The summed E-state index contributed by atoms with van der Waals surface area (Å²) in [4.78, 5) is 10.8. The molecule has 0 N–H and O–H groups in total. The summed E-state index contributed by atoms with van der Waals surface area (Å²) in [6.45, 7) is 4.46. The van der Waals surface area contributed by atoms with Gasteiger partial charge in [0, 0.05) is 5.97 Å². The second-order valence-electron chi connectivity index (χ2n) is 6.27. The van der Waals surface area contributed by atoms with E-state index in [2.05, 4.69) is 13.8 Å². The van der Waals surface area contributed by atoms with Crippen molar-refractivity contribution in [3.05, 3.63) is 0 Å². The van der Waals surface area contributed by atoms with Crippen LogP contribution in [0.5, 0.6) is 0 Å². The van der Waals surface area contributed by atoms with Crippen LogP contribution in [0, 0.1) is 17.8 Å². The van der Waals surface area contributed by atoms with E-state index in [1.807, 2.05) is 0 Å². The summed E-state index contributed by atoms with van der Waals surface area (Å²) in [5, 5.41) is 10.8. The minimum Gasteiger partial charge on any atom is -0.550 e. The molecule has 2 heteroatoms. The predicted molar refractivity (Wildman–Crippen MR) is 77.6 cm³/mol. The van der Waals surface area contributed by atoms with Gasteiger partial charge in [-0.25, -0.2) is 0 Å². The third kappa shape index (κ3) is 6.44. The van der Waals surface area contributed by atoms with E-state index in [0.29, 0.717) is 24.2 Å². The fourth-order valence-electron chi connectivity index (χ4n) is 3.49. The fourth-order valence-corrected chi connectivity index (χ4v) is 3.49. The Morgan fingerprint density at radius 3 is 1.63 bits per heavy atom. The molecule has 1 rings (SSSR count). The van der Waals surface area contributed by atoms with Crippen LogP contribution in [-0.2, 0) is 4.79 Å². The molecular weight excluding hydrogens is 236 g/mol. The Morgan fingerprint density at radius 2 is 1.26 bits per heavy atom. The summed E-state index contributed by atoms with van der Waals surface area (Å²) in [6, 6.07) is 0. The maximum absolute atomic E-state index is 10.8. The van der Waals surface area contributed by atoms with Crippen molar-refractivity contribution in [1.82, 2.24) is 0 Å². The zero-order chi connectivity index (χ0) is 14.1. The summed E-state index contributed by atoms with van der Waals surface area (Å²) in [5.41, 5.74) is 0. The molecule has 1 aliphatic carbocycles. The van der Waals surface area contributed by atoms with Crippen LogP contribution in [0.2, 0.25) is 0 Å². The fraction of sp³-hybridized carbons (Fsp3) is 0.941. The Kier molecular flexibility index (Phi) is 8.16. The second-order valence-corrected chi connectivity index (χ2v) is 6.27. The van der Waals surface area contributed by atoms with E-state index in [-0.39, 0.29) is 0 Å². The molecule has 0 saturated heterocycles. The summed E-state index contributed by atoms with van der Waals surface area (Å²) in [5.74, 6) is 0.973. The van der Waals surface area contributed by atoms with Crippen molar-refractivity contribution in [2.75, 3.05) is 0 Å². The summed E-state index contributed by atoms with van der Waals surface area (Å²) < 4.78 is 0. The van der Waals surface area contributed by atoms with Crippen molar-refractivity contribution >= 4 is 5.97 Å². The molecule has 2 atom stereocenters. The molecule has 0 spiro atoms. The number of unbranched alkanes of at least 4 members (excludes halogenated alkanes) is 6. The van der Waals surface area contributed by atoms with Gasteiger partial charge in [-0.1, -0.05) is 65.2 Å². The molecule has 112 valence electrons. The number of carbonyl (C=O) groups excluding carboxylic acids is 1. The molecule has 0 heterocycles. The van der Waals surface area contributed by atoms with Crippen molar-refractivity contribution in [2.24, 2.45) is 17.8 Å². The highest BCUT2D eigenvalue weighted by molar-refractivity contribution is 5.65. The van der Waals surface area contributed by atoms with Crippen LogP contribution in [0.15, 0.2) is 0 Å². The molecule has 19 heavy (non-hydrogen) atoms. The molecule has 0 radical (unpaired) electrons. The predicted octanol–water partition coefficient (Wildman–Crippen LogP) is 3.93. The molecule has 1 aliphatic rings. The van der Waals surface area contributed by atoms with Crippen molar-refractivity contribution in [3.8, 4) is 0 Å². The van der Waals surface area contributed by atoms with Gasteiger partial charge in [-0.05, 0) is 37.0 Å². The smallest absolute Gasteiger partial charge is 0.0417 e. The van der Waals surface area contributed by atoms with Crippen LogP contribution < -0.4 is 5.11 Å².